The van der Waals surface area contributed by atoms with Crippen molar-refractivity contribution >= 4 is 18.3 Å². The maximum Gasteiger partial charge on any atom is 0.255 e. The third kappa shape index (κ3) is 6.15. The Morgan fingerprint density at radius 1 is 1.03 bits per heavy atom. The Bertz CT molecular complexity index is 895. The SMILES string of the molecule is COCCNCCNC(=O)c1cn(-c2ccc(C)cc2)nc1-c1ccccc1.Cl. The molecule has 2 aromatic carbocycles. The van der Waals surface area contributed by atoms with E-state index >= 15 is 0 Å². The second kappa shape index (κ2) is 11.4. The van der Waals surface area contributed by atoms with Crippen LogP contribution in [0.2, 0.25) is 0 Å². The second-order valence-corrected chi connectivity index (χ2v) is 6.54. The van der Waals surface area contributed by atoms with Crippen LogP contribution in [0.1, 0.15) is 15.9 Å². The van der Waals surface area contributed by atoms with Crippen molar-refractivity contribution in [2.24, 2.45) is 0 Å². The fraction of sp³-hybridized carbons (Fsp3) is 0.273. The Balaban J connectivity index is 0.00000300. The molecular weight excluding hydrogens is 388 g/mol. The highest BCUT2D eigenvalue weighted by Gasteiger charge is 2.18. The summed E-state index contributed by atoms with van der Waals surface area (Å²) in [6.45, 7) is 4.67. The average molecular weight is 415 g/mol. The standard InChI is InChI=1S/C22H26N4O2.ClH/c1-17-8-10-19(11-9-17)26-16-20(21(25-26)18-6-4-3-5-7-18)22(27)24-13-12-23-14-15-28-2;/h3-11,16,23H,12-15H2,1-2H3,(H,24,27);1H. The molecule has 6 nitrogen and oxygen atoms in total. The van der Waals surface area contributed by atoms with E-state index in [1.807, 2.05) is 61.5 Å². The number of benzene rings is 2. The van der Waals surface area contributed by atoms with Crippen LogP contribution in [0.3, 0.4) is 0 Å². The van der Waals surface area contributed by atoms with Crippen molar-refractivity contribution in [3.63, 3.8) is 0 Å². The molecule has 0 radical (unpaired) electrons. The van der Waals surface area contributed by atoms with Gasteiger partial charge in [-0.25, -0.2) is 4.68 Å². The minimum Gasteiger partial charge on any atom is -0.383 e. The molecule has 2 N–H and O–H groups in total. The minimum absolute atomic E-state index is 0. The van der Waals surface area contributed by atoms with Crippen molar-refractivity contribution in [3.8, 4) is 16.9 Å². The smallest absolute Gasteiger partial charge is 0.255 e. The molecule has 29 heavy (non-hydrogen) atoms. The number of carbonyl (C=O) groups is 1. The first-order valence-corrected chi connectivity index (χ1v) is 9.39. The van der Waals surface area contributed by atoms with Crippen LogP contribution in [0.5, 0.6) is 0 Å². The van der Waals surface area contributed by atoms with Crippen molar-refractivity contribution in [1.82, 2.24) is 20.4 Å². The Hall–Kier alpha value is -2.67. The first-order chi connectivity index (χ1) is 13.7. The number of aryl methyl sites for hydroxylation is 1. The minimum atomic E-state index is -0.134. The van der Waals surface area contributed by atoms with Gasteiger partial charge in [0.25, 0.3) is 5.91 Å². The molecule has 1 aromatic heterocycles. The van der Waals surface area contributed by atoms with E-state index in [2.05, 4.69) is 10.6 Å². The summed E-state index contributed by atoms with van der Waals surface area (Å²) in [6.07, 6.45) is 1.79. The highest BCUT2D eigenvalue weighted by Crippen LogP contribution is 2.23. The van der Waals surface area contributed by atoms with E-state index in [4.69, 9.17) is 9.84 Å². The summed E-state index contributed by atoms with van der Waals surface area (Å²) in [5, 5.41) is 10.9. The van der Waals surface area contributed by atoms with Gasteiger partial charge < -0.3 is 15.4 Å². The third-order valence-corrected chi connectivity index (χ3v) is 4.37. The monoisotopic (exact) mass is 414 g/mol. The number of halogens is 1. The van der Waals surface area contributed by atoms with Crippen molar-refractivity contribution in [2.75, 3.05) is 33.4 Å². The largest absolute Gasteiger partial charge is 0.383 e. The molecule has 0 aliphatic rings. The number of rotatable bonds is 9. The highest BCUT2D eigenvalue weighted by molar-refractivity contribution is 5.99. The Kier molecular flexibility index (Phi) is 8.86. The van der Waals surface area contributed by atoms with E-state index in [1.54, 1.807) is 18.0 Å². The Morgan fingerprint density at radius 3 is 2.45 bits per heavy atom. The van der Waals surface area contributed by atoms with E-state index in [-0.39, 0.29) is 18.3 Å². The molecule has 0 saturated heterocycles. The number of nitrogens with one attached hydrogen (secondary N) is 2. The fourth-order valence-corrected chi connectivity index (χ4v) is 2.84. The lowest BCUT2D eigenvalue weighted by Gasteiger charge is -2.06. The lowest BCUT2D eigenvalue weighted by molar-refractivity contribution is 0.0954. The van der Waals surface area contributed by atoms with Gasteiger partial charge in [-0.15, -0.1) is 12.4 Å². The predicted octanol–water partition coefficient (Wildman–Crippen LogP) is 3.24. The van der Waals surface area contributed by atoms with E-state index in [1.165, 1.54) is 5.56 Å². The van der Waals surface area contributed by atoms with Crippen LogP contribution in [0, 0.1) is 6.92 Å². The number of ether oxygens (including phenoxy) is 1. The topological polar surface area (TPSA) is 68.2 Å². The number of carbonyl (C=O) groups excluding carboxylic acids is 1. The number of methoxy groups -OCH3 is 1. The molecule has 3 aromatic rings. The zero-order chi connectivity index (χ0) is 19.8. The quantitative estimate of drug-likeness (QED) is 0.527. The summed E-state index contributed by atoms with van der Waals surface area (Å²) in [5.41, 5.74) is 4.24. The van der Waals surface area contributed by atoms with Crippen molar-refractivity contribution < 1.29 is 9.53 Å². The van der Waals surface area contributed by atoms with Gasteiger partial charge >= 0.3 is 0 Å². The number of amides is 1. The van der Waals surface area contributed by atoms with E-state index in [0.717, 1.165) is 17.8 Å². The van der Waals surface area contributed by atoms with Gasteiger partial charge in [0.2, 0.25) is 0 Å². The van der Waals surface area contributed by atoms with Gasteiger partial charge in [-0.2, -0.15) is 5.10 Å². The summed E-state index contributed by atoms with van der Waals surface area (Å²) in [4.78, 5) is 12.8. The molecule has 1 amide bonds. The van der Waals surface area contributed by atoms with Crippen LogP contribution in [0.4, 0.5) is 0 Å². The maximum absolute atomic E-state index is 12.8. The van der Waals surface area contributed by atoms with Gasteiger partial charge in [0.05, 0.1) is 17.9 Å². The van der Waals surface area contributed by atoms with Gasteiger partial charge in [0, 0.05) is 38.5 Å². The summed E-state index contributed by atoms with van der Waals surface area (Å²) in [5.74, 6) is -0.134. The normalized spacial score (nSPS) is 10.4. The number of aromatic nitrogens is 2. The lowest BCUT2D eigenvalue weighted by Crippen LogP contribution is -2.33. The second-order valence-electron chi connectivity index (χ2n) is 6.54. The van der Waals surface area contributed by atoms with Gasteiger partial charge in [-0.3, -0.25) is 4.79 Å². The maximum atomic E-state index is 12.8. The molecule has 0 aliphatic heterocycles. The van der Waals surface area contributed by atoms with Gasteiger partial charge in [-0.05, 0) is 19.1 Å². The molecule has 0 aliphatic carbocycles. The molecule has 0 saturated carbocycles. The van der Waals surface area contributed by atoms with E-state index in [9.17, 15) is 4.79 Å². The van der Waals surface area contributed by atoms with Crippen LogP contribution in [0.25, 0.3) is 16.9 Å². The third-order valence-electron chi connectivity index (χ3n) is 4.37. The fourth-order valence-electron chi connectivity index (χ4n) is 2.84. The molecule has 0 spiro atoms. The predicted molar refractivity (Wildman–Crippen MR) is 118 cm³/mol. The number of hydrogen-bond acceptors (Lipinski definition) is 4. The molecule has 7 heteroatoms. The highest BCUT2D eigenvalue weighted by atomic mass is 35.5. The van der Waals surface area contributed by atoms with Crippen molar-refractivity contribution in [1.29, 1.82) is 0 Å². The zero-order valence-corrected chi connectivity index (χ0v) is 17.5. The summed E-state index contributed by atoms with van der Waals surface area (Å²) < 4.78 is 6.75. The first kappa shape index (κ1) is 22.6. The van der Waals surface area contributed by atoms with Crippen molar-refractivity contribution in [2.45, 2.75) is 6.92 Å². The molecule has 0 bridgehead atoms. The van der Waals surface area contributed by atoms with Crippen LogP contribution in [-0.2, 0) is 4.74 Å². The molecule has 0 unspecified atom stereocenters. The van der Waals surface area contributed by atoms with E-state index in [0.29, 0.717) is 31.0 Å². The number of hydrogen-bond donors (Lipinski definition) is 2. The van der Waals surface area contributed by atoms with Crippen LogP contribution >= 0.6 is 12.4 Å². The number of nitrogens with zero attached hydrogens (tertiary/aromatic N) is 2. The summed E-state index contributed by atoms with van der Waals surface area (Å²) >= 11 is 0. The zero-order valence-electron chi connectivity index (χ0n) is 16.7. The molecule has 0 atom stereocenters. The Morgan fingerprint density at radius 2 is 1.76 bits per heavy atom. The molecule has 0 fully saturated rings. The van der Waals surface area contributed by atoms with Gasteiger partial charge in [-0.1, -0.05) is 48.0 Å². The first-order valence-electron chi connectivity index (χ1n) is 9.39. The molecule has 154 valence electrons. The molecule has 3 rings (SSSR count). The van der Waals surface area contributed by atoms with Gasteiger partial charge in [0.1, 0.15) is 5.69 Å². The molecular formula is C22H27ClN4O2. The molecule has 1 heterocycles. The average Bonchev–Trinajstić information content (AvgIpc) is 3.17. The van der Waals surface area contributed by atoms with Crippen LogP contribution in [0.15, 0.2) is 60.8 Å². The van der Waals surface area contributed by atoms with Crippen LogP contribution < -0.4 is 10.6 Å². The summed E-state index contributed by atoms with van der Waals surface area (Å²) in [7, 11) is 1.67. The van der Waals surface area contributed by atoms with Crippen LogP contribution in [-0.4, -0.2) is 49.0 Å². The summed E-state index contributed by atoms with van der Waals surface area (Å²) in [6, 6.07) is 17.8. The lowest BCUT2D eigenvalue weighted by atomic mass is 10.1. The van der Waals surface area contributed by atoms with Crippen molar-refractivity contribution in [3.05, 3.63) is 71.9 Å². The van der Waals surface area contributed by atoms with Gasteiger partial charge in [0.15, 0.2) is 0 Å². The Labute approximate surface area is 177 Å². The van der Waals surface area contributed by atoms with E-state index < -0.39 is 0 Å².